The van der Waals surface area contributed by atoms with E-state index in [1.165, 1.54) is 51.0 Å². The van der Waals surface area contributed by atoms with Crippen LogP contribution in [0.3, 0.4) is 0 Å². The van der Waals surface area contributed by atoms with E-state index in [0.29, 0.717) is 24.8 Å². The van der Waals surface area contributed by atoms with Gasteiger partial charge in [-0.1, -0.05) is 12.8 Å². The van der Waals surface area contributed by atoms with Gasteiger partial charge in [-0.25, -0.2) is 0 Å². The molecule has 0 aromatic heterocycles. The third kappa shape index (κ3) is 4.33. The van der Waals surface area contributed by atoms with Crippen LogP contribution in [0.25, 0.3) is 0 Å². The number of methoxy groups -OCH3 is 1. The molecule has 1 aliphatic carbocycles. The highest BCUT2D eigenvalue weighted by Crippen LogP contribution is 2.28. The number of rotatable bonds is 6. The van der Waals surface area contributed by atoms with Gasteiger partial charge in [0.15, 0.2) is 0 Å². The minimum Gasteiger partial charge on any atom is -0.496 e. The summed E-state index contributed by atoms with van der Waals surface area (Å²) in [5.74, 6) is 0.837. The molecule has 26 heavy (non-hydrogen) atoms. The lowest BCUT2D eigenvalue weighted by Crippen LogP contribution is -2.41. The molecular formula is C19H26N2O5. The highest BCUT2D eigenvalue weighted by atomic mass is 16.6. The first kappa shape index (κ1) is 18.6. The normalized spacial score (nSPS) is 18.9. The Morgan fingerprint density at radius 1 is 1.23 bits per heavy atom. The summed E-state index contributed by atoms with van der Waals surface area (Å²) in [6, 6.07) is 4.12. The standard InChI is InChI=1S/C19H26N2O5/c1-25-18-7-6-15(21(23)24)12-17(18)19(22)20-10-8-16(9-11-20)26-13-14-4-2-3-5-14/h6-7,12,14,16H,2-5,8-11,13H2,1H3. The predicted molar refractivity (Wildman–Crippen MR) is 96.5 cm³/mol. The lowest BCUT2D eigenvalue weighted by atomic mass is 10.0. The topological polar surface area (TPSA) is 81.9 Å². The first-order valence-corrected chi connectivity index (χ1v) is 9.31. The Bertz CT molecular complexity index is 649. The van der Waals surface area contributed by atoms with Crippen molar-refractivity contribution >= 4 is 11.6 Å². The first-order valence-electron chi connectivity index (χ1n) is 9.31. The van der Waals surface area contributed by atoms with Crippen molar-refractivity contribution in [2.75, 3.05) is 26.8 Å². The van der Waals surface area contributed by atoms with Gasteiger partial charge >= 0.3 is 0 Å². The van der Waals surface area contributed by atoms with E-state index in [2.05, 4.69) is 0 Å². The molecule has 142 valence electrons. The summed E-state index contributed by atoms with van der Waals surface area (Å²) in [4.78, 5) is 25.0. The van der Waals surface area contributed by atoms with E-state index >= 15 is 0 Å². The first-order chi connectivity index (χ1) is 12.6. The Morgan fingerprint density at radius 3 is 2.54 bits per heavy atom. The largest absolute Gasteiger partial charge is 0.496 e. The zero-order valence-corrected chi connectivity index (χ0v) is 15.2. The number of ether oxygens (including phenoxy) is 2. The van der Waals surface area contributed by atoms with Crippen molar-refractivity contribution in [1.29, 1.82) is 0 Å². The number of amides is 1. The number of nitro benzene ring substituents is 1. The molecule has 1 heterocycles. The maximum absolute atomic E-state index is 12.8. The quantitative estimate of drug-likeness (QED) is 0.572. The van der Waals surface area contributed by atoms with E-state index < -0.39 is 4.92 Å². The molecule has 0 N–H and O–H groups in total. The van der Waals surface area contributed by atoms with Gasteiger partial charge in [-0.15, -0.1) is 0 Å². The summed E-state index contributed by atoms with van der Waals surface area (Å²) < 4.78 is 11.3. The van der Waals surface area contributed by atoms with Gasteiger partial charge in [-0.3, -0.25) is 14.9 Å². The van der Waals surface area contributed by atoms with Crippen molar-refractivity contribution in [3.05, 3.63) is 33.9 Å². The summed E-state index contributed by atoms with van der Waals surface area (Å²) >= 11 is 0. The summed E-state index contributed by atoms with van der Waals surface area (Å²) in [6.07, 6.45) is 6.96. The Balaban J connectivity index is 1.57. The van der Waals surface area contributed by atoms with Crippen LogP contribution in [0.15, 0.2) is 18.2 Å². The number of benzene rings is 1. The van der Waals surface area contributed by atoms with Crippen molar-refractivity contribution in [1.82, 2.24) is 4.90 Å². The highest BCUT2D eigenvalue weighted by molar-refractivity contribution is 5.97. The zero-order valence-electron chi connectivity index (χ0n) is 15.2. The summed E-state index contributed by atoms with van der Waals surface area (Å²) in [5, 5.41) is 11.0. The molecule has 0 spiro atoms. The molecule has 2 fully saturated rings. The Hall–Kier alpha value is -2.15. The molecule has 1 aromatic rings. The predicted octanol–water partition coefficient (Wildman–Crippen LogP) is 3.41. The number of hydrogen-bond donors (Lipinski definition) is 0. The van der Waals surface area contributed by atoms with Crippen LogP contribution in [0.1, 0.15) is 48.9 Å². The fourth-order valence-corrected chi connectivity index (χ4v) is 3.82. The molecule has 1 saturated heterocycles. The molecule has 1 aliphatic heterocycles. The number of non-ortho nitro benzene ring substituents is 1. The summed E-state index contributed by atoms with van der Waals surface area (Å²) in [6.45, 7) is 2.03. The monoisotopic (exact) mass is 362 g/mol. The molecule has 3 rings (SSSR count). The number of likely N-dealkylation sites (tertiary alicyclic amines) is 1. The van der Waals surface area contributed by atoms with Crippen LogP contribution in [0.4, 0.5) is 5.69 Å². The van der Waals surface area contributed by atoms with Gasteiger partial charge in [-0.2, -0.15) is 0 Å². The van der Waals surface area contributed by atoms with Gasteiger partial charge in [0.05, 0.1) is 23.7 Å². The van der Waals surface area contributed by atoms with Gasteiger partial charge in [0.1, 0.15) is 5.75 Å². The van der Waals surface area contributed by atoms with E-state index in [9.17, 15) is 14.9 Å². The van der Waals surface area contributed by atoms with Crippen molar-refractivity contribution in [2.24, 2.45) is 5.92 Å². The van der Waals surface area contributed by atoms with Crippen molar-refractivity contribution in [2.45, 2.75) is 44.6 Å². The van der Waals surface area contributed by atoms with Crippen LogP contribution >= 0.6 is 0 Å². The second kappa shape index (κ2) is 8.49. The fourth-order valence-electron chi connectivity index (χ4n) is 3.82. The number of piperidine rings is 1. The molecule has 0 bridgehead atoms. The zero-order chi connectivity index (χ0) is 18.5. The molecule has 1 amide bonds. The van der Waals surface area contributed by atoms with Crippen LogP contribution in [0.5, 0.6) is 5.75 Å². The van der Waals surface area contributed by atoms with Crippen molar-refractivity contribution in [3.63, 3.8) is 0 Å². The Kier molecular flexibility index (Phi) is 6.08. The van der Waals surface area contributed by atoms with E-state index in [1.807, 2.05) is 0 Å². The van der Waals surface area contributed by atoms with Crippen molar-refractivity contribution < 1.29 is 19.2 Å². The molecule has 1 aromatic carbocycles. The smallest absolute Gasteiger partial charge is 0.270 e. The Morgan fingerprint density at radius 2 is 1.92 bits per heavy atom. The molecule has 0 radical (unpaired) electrons. The van der Waals surface area contributed by atoms with Gasteiger partial charge in [-0.05, 0) is 37.7 Å². The number of hydrogen-bond acceptors (Lipinski definition) is 5. The van der Waals surface area contributed by atoms with E-state index in [4.69, 9.17) is 9.47 Å². The molecular weight excluding hydrogens is 336 g/mol. The molecule has 7 nitrogen and oxygen atoms in total. The molecule has 0 atom stereocenters. The number of nitrogens with zero attached hydrogens (tertiary/aromatic N) is 2. The Labute approximate surface area is 153 Å². The SMILES string of the molecule is COc1ccc([N+](=O)[O-])cc1C(=O)N1CCC(OCC2CCCC2)CC1. The van der Waals surface area contributed by atoms with Crippen LogP contribution in [0.2, 0.25) is 0 Å². The van der Waals surface area contributed by atoms with E-state index in [1.54, 1.807) is 4.90 Å². The lowest BCUT2D eigenvalue weighted by molar-refractivity contribution is -0.384. The maximum Gasteiger partial charge on any atom is 0.270 e. The summed E-state index contributed by atoms with van der Waals surface area (Å²) in [5.41, 5.74) is 0.135. The van der Waals surface area contributed by atoms with Crippen LogP contribution in [-0.4, -0.2) is 48.6 Å². The second-order valence-corrected chi connectivity index (χ2v) is 7.12. The third-order valence-corrected chi connectivity index (χ3v) is 5.40. The van der Waals surface area contributed by atoms with E-state index in [0.717, 1.165) is 19.4 Å². The van der Waals surface area contributed by atoms with Crippen molar-refractivity contribution in [3.8, 4) is 5.75 Å². The van der Waals surface area contributed by atoms with Crippen LogP contribution in [0, 0.1) is 16.0 Å². The molecule has 7 heteroatoms. The maximum atomic E-state index is 12.8. The molecule has 0 unspecified atom stereocenters. The third-order valence-electron chi connectivity index (χ3n) is 5.40. The average molecular weight is 362 g/mol. The number of nitro groups is 1. The molecule has 1 saturated carbocycles. The minimum atomic E-state index is -0.501. The average Bonchev–Trinajstić information content (AvgIpc) is 3.19. The summed E-state index contributed by atoms with van der Waals surface area (Å²) in [7, 11) is 1.46. The van der Waals surface area contributed by atoms with Crippen LogP contribution < -0.4 is 4.74 Å². The van der Waals surface area contributed by atoms with Crippen LogP contribution in [-0.2, 0) is 4.74 Å². The number of carbonyl (C=O) groups is 1. The minimum absolute atomic E-state index is 0.107. The van der Waals surface area contributed by atoms with Gasteiger partial charge in [0, 0.05) is 31.8 Å². The number of carbonyl (C=O) groups excluding carboxylic acids is 1. The van der Waals surface area contributed by atoms with Gasteiger partial charge < -0.3 is 14.4 Å². The second-order valence-electron chi connectivity index (χ2n) is 7.12. The van der Waals surface area contributed by atoms with Gasteiger partial charge in [0.2, 0.25) is 0 Å². The van der Waals surface area contributed by atoms with E-state index in [-0.39, 0.29) is 23.3 Å². The fraction of sp³-hybridized carbons (Fsp3) is 0.632. The lowest BCUT2D eigenvalue weighted by Gasteiger charge is -2.32. The highest BCUT2D eigenvalue weighted by Gasteiger charge is 2.28. The molecule has 2 aliphatic rings. The van der Waals surface area contributed by atoms with Gasteiger partial charge in [0.25, 0.3) is 11.6 Å².